The Morgan fingerprint density at radius 3 is 2.63 bits per heavy atom. The van der Waals surface area contributed by atoms with E-state index in [0.29, 0.717) is 36.6 Å². The van der Waals surface area contributed by atoms with E-state index in [2.05, 4.69) is 96.8 Å². The number of carbonyl (C=O) groups excluding carboxylic acids is 1. The van der Waals surface area contributed by atoms with Gasteiger partial charge in [0, 0.05) is 43.5 Å². The van der Waals surface area contributed by atoms with Gasteiger partial charge in [-0.25, -0.2) is 14.6 Å². The number of hydrogen-bond donors (Lipinski definition) is 0. The van der Waals surface area contributed by atoms with Crippen molar-refractivity contribution in [2.45, 2.75) is 38.1 Å². The molecule has 5 heterocycles. The van der Waals surface area contributed by atoms with Crippen LogP contribution in [0, 0.1) is 6.92 Å². The second kappa shape index (κ2) is 14.2. The maximum absolute atomic E-state index is 14.2. The summed E-state index contributed by atoms with van der Waals surface area (Å²) in [7, 11) is 1.60. The number of nitrogens with zero attached hydrogens (tertiary/aromatic N) is 10. The van der Waals surface area contributed by atoms with Gasteiger partial charge in [-0.2, -0.15) is 0 Å². The molecule has 2 saturated heterocycles. The highest BCUT2D eigenvalue weighted by atomic mass is 32.1. The number of carbonyl (C=O) groups is 1. The number of tetrazole rings is 1. The molecule has 2 aliphatic heterocycles. The third-order valence-electron chi connectivity index (χ3n) is 10.5. The molecule has 12 nitrogen and oxygen atoms in total. The van der Waals surface area contributed by atoms with E-state index in [0.717, 1.165) is 79.7 Å². The maximum Gasteiger partial charge on any atom is 0.257 e. The van der Waals surface area contributed by atoms with Gasteiger partial charge in [-0.15, -0.1) is 16.4 Å². The van der Waals surface area contributed by atoms with Crippen molar-refractivity contribution in [1.29, 1.82) is 0 Å². The van der Waals surface area contributed by atoms with Gasteiger partial charge in [-0.05, 0) is 85.6 Å². The monoisotopic (exact) mass is 702 g/mol. The van der Waals surface area contributed by atoms with Gasteiger partial charge in [-0.3, -0.25) is 4.79 Å². The molecule has 0 radical (unpaired) electrons. The fourth-order valence-electron chi connectivity index (χ4n) is 7.75. The summed E-state index contributed by atoms with van der Waals surface area (Å²) in [6.45, 7) is 8.88. The summed E-state index contributed by atoms with van der Waals surface area (Å²) in [4.78, 5) is 31.1. The number of aromatic nitrogens is 7. The molecule has 2 fully saturated rings. The molecule has 3 aromatic carbocycles. The van der Waals surface area contributed by atoms with E-state index >= 15 is 0 Å². The molecule has 0 bridgehead atoms. The minimum Gasteiger partial charge on any atom is -0.496 e. The summed E-state index contributed by atoms with van der Waals surface area (Å²) in [5.41, 5.74) is 5.60. The van der Waals surface area contributed by atoms with Crippen LogP contribution >= 0.6 is 11.3 Å². The molecule has 0 saturated carbocycles. The average Bonchev–Trinajstić information content (AvgIpc) is 3.98. The summed E-state index contributed by atoms with van der Waals surface area (Å²) in [6.07, 6.45) is 4.44. The topological polar surface area (TPSA) is 110 Å². The molecular formula is C38H42N10O2S. The maximum atomic E-state index is 14.2. The summed E-state index contributed by atoms with van der Waals surface area (Å²) < 4.78 is 9.53. The van der Waals surface area contributed by atoms with Crippen molar-refractivity contribution in [1.82, 2.24) is 44.5 Å². The molecule has 2 aliphatic rings. The SMILES string of the molecule is COc1ccc(-n2cnnn2)cc1C(=O)N1CCC(CCN2CCCN(c3nc4ccccc4n3Cc3csc(C)n3)CC2)(c2ccccc2)C1. The zero-order valence-electron chi connectivity index (χ0n) is 29.1. The molecule has 0 N–H and O–H groups in total. The van der Waals surface area contributed by atoms with Crippen LogP contribution in [0.4, 0.5) is 5.95 Å². The minimum absolute atomic E-state index is 0.0410. The normalized spacial score (nSPS) is 18.4. The van der Waals surface area contributed by atoms with Gasteiger partial charge >= 0.3 is 0 Å². The van der Waals surface area contributed by atoms with Crippen LogP contribution in [0.5, 0.6) is 5.75 Å². The lowest BCUT2D eigenvalue weighted by molar-refractivity contribution is 0.0777. The Kier molecular flexibility index (Phi) is 9.22. The molecule has 1 atom stereocenters. The average molecular weight is 703 g/mol. The van der Waals surface area contributed by atoms with Crippen molar-refractivity contribution < 1.29 is 9.53 Å². The second-order valence-electron chi connectivity index (χ2n) is 13.5. The van der Waals surface area contributed by atoms with E-state index in [1.54, 1.807) is 23.1 Å². The lowest BCUT2D eigenvalue weighted by Gasteiger charge is -2.33. The lowest BCUT2D eigenvalue weighted by Crippen LogP contribution is -2.39. The number of hydrogen-bond acceptors (Lipinski definition) is 10. The molecule has 0 aliphatic carbocycles. The number of rotatable bonds is 10. The number of anilines is 1. The first-order valence-corrected chi connectivity index (χ1v) is 18.5. The number of para-hydroxylation sites is 2. The zero-order valence-corrected chi connectivity index (χ0v) is 29.9. The molecule has 0 spiro atoms. The Bertz CT molecular complexity index is 2110. The minimum atomic E-state index is -0.150. The van der Waals surface area contributed by atoms with Crippen molar-refractivity contribution in [3.05, 3.63) is 106 Å². The van der Waals surface area contributed by atoms with E-state index in [1.165, 1.54) is 11.9 Å². The summed E-state index contributed by atoms with van der Waals surface area (Å²) >= 11 is 1.69. The van der Waals surface area contributed by atoms with E-state index in [4.69, 9.17) is 14.7 Å². The van der Waals surface area contributed by atoms with Gasteiger partial charge in [0.05, 0.1) is 46.6 Å². The quantitative estimate of drug-likeness (QED) is 0.190. The highest BCUT2D eigenvalue weighted by Gasteiger charge is 2.42. The summed E-state index contributed by atoms with van der Waals surface area (Å²) in [5, 5.41) is 14.7. The predicted molar refractivity (Wildman–Crippen MR) is 198 cm³/mol. The van der Waals surface area contributed by atoms with Crippen molar-refractivity contribution >= 4 is 34.2 Å². The molecule has 262 valence electrons. The van der Waals surface area contributed by atoms with E-state index in [-0.39, 0.29) is 11.3 Å². The van der Waals surface area contributed by atoms with Gasteiger partial charge in [0.1, 0.15) is 12.1 Å². The Morgan fingerprint density at radius 2 is 1.82 bits per heavy atom. The Balaban J connectivity index is 0.987. The largest absolute Gasteiger partial charge is 0.496 e. The van der Waals surface area contributed by atoms with Crippen molar-refractivity contribution in [3.8, 4) is 11.4 Å². The predicted octanol–water partition coefficient (Wildman–Crippen LogP) is 5.22. The third kappa shape index (κ3) is 6.71. The number of fused-ring (bicyclic) bond motifs is 1. The fraction of sp³-hybridized carbons (Fsp3) is 0.368. The Morgan fingerprint density at radius 1 is 0.961 bits per heavy atom. The molecule has 6 aromatic rings. The number of benzene rings is 3. The van der Waals surface area contributed by atoms with Gasteiger partial charge in [-0.1, -0.05) is 42.5 Å². The van der Waals surface area contributed by atoms with Gasteiger partial charge in [0.2, 0.25) is 5.95 Å². The fourth-order valence-corrected chi connectivity index (χ4v) is 8.35. The second-order valence-corrected chi connectivity index (χ2v) is 14.6. The Labute approximate surface area is 301 Å². The molecule has 13 heteroatoms. The van der Waals surface area contributed by atoms with Crippen LogP contribution in [0.15, 0.2) is 84.5 Å². The first-order valence-electron chi connectivity index (χ1n) is 17.6. The van der Waals surface area contributed by atoms with Crippen molar-refractivity contribution in [2.24, 2.45) is 0 Å². The van der Waals surface area contributed by atoms with Crippen molar-refractivity contribution in [3.63, 3.8) is 0 Å². The van der Waals surface area contributed by atoms with Crippen LogP contribution in [-0.4, -0.2) is 103 Å². The number of imidazole rings is 1. The summed E-state index contributed by atoms with van der Waals surface area (Å²) in [5.74, 6) is 1.52. The molecule has 3 aromatic heterocycles. The first kappa shape index (κ1) is 33.0. The molecule has 8 rings (SSSR count). The number of thiazole rings is 1. The van der Waals surface area contributed by atoms with Gasteiger partial charge < -0.3 is 24.0 Å². The van der Waals surface area contributed by atoms with Crippen LogP contribution in [-0.2, 0) is 12.0 Å². The van der Waals surface area contributed by atoms with Crippen LogP contribution in [0.1, 0.15) is 45.9 Å². The smallest absolute Gasteiger partial charge is 0.257 e. The van der Waals surface area contributed by atoms with E-state index in [9.17, 15) is 4.79 Å². The lowest BCUT2D eigenvalue weighted by atomic mass is 9.76. The highest BCUT2D eigenvalue weighted by Crippen LogP contribution is 2.39. The van der Waals surface area contributed by atoms with E-state index in [1.807, 2.05) is 23.1 Å². The summed E-state index contributed by atoms with van der Waals surface area (Å²) in [6, 6.07) is 24.6. The van der Waals surface area contributed by atoms with Crippen LogP contribution < -0.4 is 9.64 Å². The van der Waals surface area contributed by atoms with Crippen molar-refractivity contribution in [2.75, 3.05) is 57.8 Å². The third-order valence-corrected chi connectivity index (χ3v) is 11.3. The number of ether oxygens (including phenoxy) is 1. The molecule has 1 unspecified atom stereocenters. The van der Waals surface area contributed by atoms with Crippen LogP contribution in [0.3, 0.4) is 0 Å². The van der Waals surface area contributed by atoms with Gasteiger partial charge in [0.25, 0.3) is 5.91 Å². The Hall–Kier alpha value is -5.14. The zero-order chi connectivity index (χ0) is 34.8. The van der Waals surface area contributed by atoms with Crippen LogP contribution in [0.2, 0.25) is 0 Å². The number of methoxy groups -OCH3 is 1. The molecular weight excluding hydrogens is 661 g/mol. The highest BCUT2D eigenvalue weighted by molar-refractivity contribution is 7.09. The van der Waals surface area contributed by atoms with E-state index < -0.39 is 0 Å². The number of likely N-dealkylation sites (tertiary alicyclic amines) is 1. The molecule has 51 heavy (non-hydrogen) atoms. The number of aryl methyl sites for hydroxylation is 1. The van der Waals surface area contributed by atoms with Crippen LogP contribution in [0.25, 0.3) is 16.7 Å². The van der Waals surface area contributed by atoms with Gasteiger partial charge in [0.15, 0.2) is 0 Å². The first-order chi connectivity index (χ1) is 25.0. The standard InChI is InChI=1S/C38H42N10O2S/c1-28-40-30(25-51-28)24-47-34-12-7-6-11-33(34)41-37(47)45-18-8-17-44(21-22-45)19-15-38(29-9-4-3-5-10-29)16-20-46(26-38)36(49)32-23-31(13-14-35(32)50-2)48-27-39-42-43-48/h3-7,9-14,23,25,27H,8,15-22,24,26H2,1-2H3. The molecule has 1 amide bonds. The number of amides is 1.